The van der Waals surface area contributed by atoms with Crippen molar-refractivity contribution in [1.82, 2.24) is 0 Å². The van der Waals surface area contributed by atoms with Crippen molar-refractivity contribution in [2.24, 2.45) is 0 Å². The summed E-state index contributed by atoms with van der Waals surface area (Å²) in [7, 11) is 0. The van der Waals surface area contributed by atoms with E-state index in [1.807, 2.05) is 0 Å². The van der Waals surface area contributed by atoms with Gasteiger partial charge in [0.05, 0.1) is 0 Å². The van der Waals surface area contributed by atoms with E-state index in [9.17, 15) is 0 Å². The lowest BCUT2D eigenvalue weighted by molar-refractivity contribution is 1.41. The van der Waals surface area contributed by atoms with Crippen LogP contribution in [0.3, 0.4) is 0 Å². The maximum Gasteiger partial charge on any atom is -0.0103 e. The summed E-state index contributed by atoms with van der Waals surface area (Å²) < 4.78 is 0. The van der Waals surface area contributed by atoms with Gasteiger partial charge in [-0.1, -0.05) is 97.1 Å². The van der Waals surface area contributed by atoms with Gasteiger partial charge < -0.3 is 0 Å². The fourth-order valence-electron chi connectivity index (χ4n) is 4.99. The molecule has 0 fully saturated rings. The molecule has 0 saturated carbocycles. The van der Waals surface area contributed by atoms with Crippen molar-refractivity contribution in [2.75, 3.05) is 0 Å². The van der Waals surface area contributed by atoms with Crippen LogP contribution in [0.4, 0.5) is 0 Å². The van der Waals surface area contributed by atoms with Crippen LogP contribution >= 0.6 is 0 Å². The standard InChI is InChI=1S/2C16H14/c2*1-11-12(2)14-8-4-6-10-16(14)15-9-5-3-7-13(11)15/h2*3-10H,1-2H3. The minimum Gasteiger partial charge on any atom is -0.0616 e. The van der Waals surface area contributed by atoms with E-state index >= 15 is 0 Å². The molecule has 0 heterocycles. The Kier molecular flexibility index (Phi) is 5.15. The van der Waals surface area contributed by atoms with E-state index < -0.39 is 0 Å². The third-order valence-corrected chi connectivity index (χ3v) is 7.03. The second kappa shape index (κ2) is 8.13. The molecular weight excluding hydrogens is 384 g/mol. The molecule has 0 aliphatic heterocycles. The average molecular weight is 413 g/mol. The monoisotopic (exact) mass is 412 g/mol. The Morgan fingerprint density at radius 1 is 0.250 bits per heavy atom. The van der Waals surface area contributed by atoms with Crippen molar-refractivity contribution >= 4 is 43.1 Å². The Labute approximate surface area is 190 Å². The molecule has 0 bridgehead atoms. The van der Waals surface area contributed by atoms with Crippen LogP contribution in [0.5, 0.6) is 0 Å². The van der Waals surface area contributed by atoms with Crippen molar-refractivity contribution in [3.63, 3.8) is 0 Å². The molecule has 156 valence electrons. The maximum absolute atomic E-state index is 2.21. The van der Waals surface area contributed by atoms with Crippen LogP contribution in [0.25, 0.3) is 43.1 Å². The van der Waals surface area contributed by atoms with E-state index in [-0.39, 0.29) is 0 Å². The van der Waals surface area contributed by atoms with Gasteiger partial charge in [0.15, 0.2) is 0 Å². The van der Waals surface area contributed by atoms with Gasteiger partial charge in [-0.2, -0.15) is 0 Å². The average Bonchev–Trinajstić information content (AvgIpc) is 2.86. The largest absolute Gasteiger partial charge is 0.0616 e. The summed E-state index contributed by atoms with van der Waals surface area (Å²) in [4.78, 5) is 0. The first-order valence-electron chi connectivity index (χ1n) is 11.3. The highest BCUT2D eigenvalue weighted by Gasteiger charge is 2.07. The minimum atomic E-state index is 1.36. The predicted octanol–water partition coefficient (Wildman–Crippen LogP) is 9.22. The minimum absolute atomic E-state index is 1.36. The first-order valence-corrected chi connectivity index (χ1v) is 11.3. The molecule has 0 nitrogen and oxygen atoms in total. The second-order valence-corrected chi connectivity index (χ2v) is 8.68. The van der Waals surface area contributed by atoms with E-state index in [0.29, 0.717) is 0 Å². The second-order valence-electron chi connectivity index (χ2n) is 8.68. The SMILES string of the molecule is Cc1c(C)c2ccccc2c2ccccc12.Cc1c(C)c2ccccc2c2ccccc12. The first kappa shape index (κ1) is 20.3. The third kappa shape index (κ3) is 3.24. The smallest absolute Gasteiger partial charge is 0.0103 e. The van der Waals surface area contributed by atoms with Gasteiger partial charge in [-0.3, -0.25) is 0 Å². The van der Waals surface area contributed by atoms with E-state index in [0.717, 1.165) is 0 Å². The van der Waals surface area contributed by atoms with E-state index in [4.69, 9.17) is 0 Å². The molecule has 0 amide bonds. The number of benzene rings is 6. The van der Waals surface area contributed by atoms with Crippen LogP contribution in [0.2, 0.25) is 0 Å². The van der Waals surface area contributed by atoms with Crippen molar-refractivity contribution in [1.29, 1.82) is 0 Å². The predicted molar refractivity (Wildman–Crippen MR) is 142 cm³/mol. The summed E-state index contributed by atoms with van der Waals surface area (Å²) in [6, 6.07) is 34.6. The highest BCUT2D eigenvalue weighted by Crippen LogP contribution is 2.32. The Balaban J connectivity index is 0.000000135. The zero-order chi connectivity index (χ0) is 22.2. The topological polar surface area (TPSA) is 0 Å². The molecule has 0 atom stereocenters. The fourth-order valence-corrected chi connectivity index (χ4v) is 4.99. The van der Waals surface area contributed by atoms with Crippen LogP contribution in [0.1, 0.15) is 22.3 Å². The van der Waals surface area contributed by atoms with Gasteiger partial charge in [0.1, 0.15) is 0 Å². The van der Waals surface area contributed by atoms with Crippen LogP contribution in [0.15, 0.2) is 97.1 Å². The molecule has 6 rings (SSSR count). The van der Waals surface area contributed by atoms with Crippen LogP contribution in [-0.2, 0) is 0 Å². The van der Waals surface area contributed by atoms with Crippen molar-refractivity contribution in [3.05, 3.63) is 119 Å². The number of rotatable bonds is 0. The van der Waals surface area contributed by atoms with E-state index in [1.165, 1.54) is 65.3 Å². The van der Waals surface area contributed by atoms with Crippen LogP contribution < -0.4 is 0 Å². The highest BCUT2D eigenvalue weighted by molar-refractivity contribution is 6.11. The number of hydrogen-bond acceptors (Lipinski definition) is 0. The fraction of sp³-hybridized carbons (Fsp3) is 0.125. The van der Waals surface area contributed by atoms with Crippen LogP contribution in [0, 0.1) is 27.7 Å². The summed E-state index contributed by atoms with van der Waals surface area (Å²) in [6.07, 6.45) is 0. The van der Waals surface area contributed by atoms with Gasteiger partial charge >= 0.3 is 0 Å². The lowest BCUT2D eigenvalue weighted by Gasteiger charge is -2.11. The lowest BCUT2D eigenvalue weighted by atomic mass is 9.93. The van der Waals surface area contributed by atoms with E-state index in [1.54, 1.807) is 0 Å². The number of hydrogen-bond donors (Lipinski definition) is 0. The molecule has 32 heavy (non-hydrogen) atoms. The first-order chi connectivity index (χ1) is 15.6. The molecule has 0 unspecified atom stereocenters. The molecule has 0 spiro atoms. The Morgan fingerprint density at radius 3 is 0.594 bits per heavy atom. The summed E-state index contributed by atoms with van der Waals surface area (Å²) in [6.45, 7) is 8.85. The molecule has 0 N–H and O–H groups in total. The summed E-state index contributed by atoms with van der Waals surface area (Å²) >= 11 is 0. The van der Waals surface area contributed by atoms with Crippen molar-refractivity contribution in [3.8, 4) is 0 Å². The van der Waals surface area contributed by atoms with Crippen molar-refractivity contribution in [2.45, 2.75) is 27.7 Å². The highest BCUT2D eigenvalue weighted by atomic mass is 14.1. The van der Waals surface area contributed by atoms with Gasteiger partial charge in [-0.25, -0.2) is 0 Å². The van der Waals surface area contributed by atoms with Gasteiger partial charge in [0.2, 0.25) is 0 Å². The zero-order valence-corrected chi connectivity index (χ0v) is 19.2. The summed E-state index contributed by atoms with van der Waals surface area (Å²) in [5.41, 5.74) is 5.59. The van der Waals surface area contributed by atoms with Crippen LogP contribution in [-0.4, -0.2) is 0 Å². The summed E-state index contributed by atoms with van der Waals surface area (Å²) in [5.74, 6) is 0. The molecule has 0 saturated heterocycles. The normalized spacial score (nSPS) is 11.1. The van der Waals surface area contributed by atoms with Gasteiger partial charge in [0, 0.05) is 0 Å². The molecule has 0 aliphatic carbocycles. The lowest BCUT2D eigenvalue weighted by Crippen LogP contribution is -1.87. The van der Waals surface area contributed by atoms with Gasteiger partial charge in [-0.05, 0) is 93.0 Å². The molecule has 0 aromatic heterocycles. The van der Waals surface area contributed by atoms with E-state index in [2.05, 4.69) is 125 Å². The van der Waals surface area contributed by atoms with Gasteiger partial charge in [0.25, 0.3) is 0 Å². The van der Waals surface area contributed by atoms with Crippen molar-refractivity contribution < 1.29 is 0 Å². The zero-order valence-electron chi connectivity index (χ0n) is 19.2. The van der Waals surface area contributed by atoms with Gasteiger partial charge in [-0.15, -0.1) is 0 Å². The quantitative estimate of drug-likeness (QED) is 0.218. The molecular formula is C32H28. The number of aryl methyl sites for hydroxylation is 4. The Morgan fingerprint density at radius 2 is 0.406 bits per heavy atom. The molecule has 6 aromatic carbocycles. The Hall–Kier alpha value is -3.64. The molecule has 0 aliphatic rings. The summed E-state index contributed by atoms with van der Waals surface area (Å²) in [5, 5.41) is 10.9. The molecule has 0 heteroatoms. The molecule has 0 radical (unpaired) electrons. The maximum atomic E-state index is 2.21. The Bertz CT molecular complexity index is 1360. The molecule has 6 aromatic rings. The number of fused-ring (bicyclic) bond motifs is 6. The third-order valence-electron chi connectivity index (χ3n) is 7.03.